The van der Waals surface area contributed by atoms with Crippen LogP contribution in [0.15, 0.2) is 71.6 Å². The zero-order chi connectivity index (χ0) is 13.6. The summed E-state index contributed by atoms with van der Waals surface area (Å²) >= 11 is 1.98. The fourth-order valence-corrected chi connectivity index (χ4v) is 3.90. The Morgan fingerprint density at radius 2 is 1.60 bits per heavy atom. The van der Waals surface area contributed by atoms with E-state index in [1.54, 1.807) is 5.57 Å². The van der Waals surface area contributed by atoms with E-state index in [0.29, 0.717) is 5.92 Å². The summed E-state index contributed by atoms with van der Waals surface area (Å²) in [5.74, 6) is 1.88. The molecule has 0 nitrogen and oxygen atoms in total. The highest BCUT2D eigenvalue weighted by molar-refractivity contribution is 7.99. The Morgan fingerprint density at radius 3 is 2.35 bits per heavy atom. The average molecular weight is 280 g/mol. The van der Waals surface area contributed by atoms with Crippen molar-refractivity contribution in [3.8, 4) is 0 Å². The van der Waals surface area contributed by atoms with Crippen LogP contribution in [-0.2, 0) is 0 Å². The first-order chi connectivity index (χ1) is 9.93. The fourth-order valence-electron chi connectivity index (χ4n) is 2.81. The van der Waals surface area contributed by atoms with Crippen molar-refractivity contribution in [3.63, 3.8) is 0 Å². The van der Waals surface area contributed by atoms with Gasteiger partial charge in [0.1, 0.15) is 0 Å². The first-order valence-corrected chi connectivity index (χ1v) is 8.35. The maximum absolute atomic E-state index is 2.45. The SMILES string of the molecule is C1=C(c2ccccc2)[C@@H](CSc2ccccc2)CCC1. The van der Waals surface area contributed by atoms with Crippen LogP contribution in [0.5, 0.6) is 0 Å². The lowest BCUT2D eigenvalue weighted by Gasteiger charge is -2.24. The predicted molar refractivity (Wildman–Crippen MR) is 88.9 cm³/mol. The zero-order valence-corrected chi connectivity index (χ0v) is 12.5. The summed E-state index contributed by atoms with van der Waals surface area (Å²) in [4.78, 5) is 1.38. The lowest BCUT2D eigenvalue weighted by atomic mass is 9.85. The Bertz CT molecular complexity index is 557. The molecule has 0 unspecified atom stereocenters. The van der Waals surface area contributed by atoms with Crippen molar-refractivity contribution in [2.24, 2.45) is 5.92 Å². The van der Waals surface area contributed by atoms with E-state index >= 15 is 0 Å². The van der Waals surface area contributed by atoms with Crippen molar-refractivity contribution >= 4 is 17.3 Å². The van der Waals surface area contributed by atoms with Crippen molar-refractivity contribution in [2.75, 3.05) is 5.75 Å². The Kier molecular flexibility index (Phi) is 4.60. The molecule has 0 amide bonds. The van der Waals surface area contributed by atoms with Gasteiger partial charge < -0.3 is 0 Å². The van der Waals surface area contributed by atoms with E-state index in [1.807, 2.05) is 11.8 Å². The van der Waals surface area contributed by atoms with E-state index in [1.165, 1.54) is 35.5 Å². The van der Waals surface area contributed by atoms with Crippen LogP contribution >= 0.6 is 11.8 Å². The summed E-state index contributed by atoms with van der Waals surface area (Å²) in [5, 5.41) is 0. The van der Waals surface area contributed by atoms with E-state index in [-0.39, 0.29) is 0 Å². The molecule has 0 fully saturated rings. The van der Waals surface area contributed by atoms with Gasteiger partial charge in [-0.05, 0) is 48.4 Å². The van der Waals surface area contributed by atoms with E-state index in [2.05, 4.69) is 66.7 Å². The van der Waals surface area contributed by atoms with Crippen LogP contribution in [0.1, 0.15) is 24.8 Å². The molecular formula is C19H20S. The standard InChI is InChI=1S/C19H20S/c1-3-9-16(10-4-1)19-14-8-7-11-17(19)15-20-18-12-5-2-6-13-18/h1-6,9-10,12-14,17H,7-8,11,15H2/t17-/m1/s1. The molecule has 1 aliphatic rings. The molecule has 3 rings (SSSR count). The number of hydrogen-bond acceptors (Lipinski definition) is 1. The molecule has 0 spiro atoms. The second-order valence-electron chi connectivity index (χ2n) is 5.28. The minimum atomic E-state index is 0.691. The maximum Gasteiger partial charge on any atom is 0.00721 e. The summed E-state index contributed by atoms with van der Waals surface area (Å²) in [6, 6.07) is 21.6. The highest BCUT2D eigenvalue weighted by atomic mass is 32.2. The Morgan fingerprint density at radius 1 is 0.900 bits per heavy atom. The van der Waals surface area contributed by atoms with Crippen molar-refractivity contribution < 1.29 is 0 Å². The largest absolute Gasteiger partial charge is 0.126 e. The molecule has 2 aromatic rings. The molecule has 2 aromatic carbocycles. The minimum Gasteiger partial charge on any atom is -0.126 e. The van der Waals surface area contributed by atoms with Gasteiger partial charge in [0, 0.05) is 10.6 Å². The third-order valence-electron chi connectivity index (χ3n) is 3.86. The van der Waals surface area contributed by atoms with Crippen LogP contribution in [-0.4, -0.2) is 5.75 Å². The van der Waals surface area contributed by atoms with Gasteiger partial charge in [0.2, 0.25) is 0 Å². The second kappa shape index (κ2) is 6.81. The third-order valence-corrected chi connectivity index (χ3v) is 5.04. The molecule has 0 bridgehead atoms. The topological polar surface area (TPSA) is 0 Å². The third kappa shape index (κ3) is 3.34. The average Bonchev–Trinajstić information content (AvgIpc) is 2.55. The lowest BCUT2D eigenvalue weighted by Crippen LogP contribution is -2.10. The second-order valence-corrected chi connectivity index (χ2v) is 6.37. The number of hydrogen-bond donors (Lipinski definition) is 0. The van der Waals surface area contributed by atoms with E-state index in [9.17, 15) is 0 Å². The highest BCUT2D eigenvalue weighted by Crippen LogP contribution is 2.36. The molecule has 0 saturated heterocycles. The summed E-state index contributed by atoms with van der Waals surface area (Å²) in [6.07, 6.45) is 6.34. The molecule has 0 saturated carbocycles. The summed E-state index contributed by atoms with van der Waals surface area (Å²) in [6.45, 7) is 0. The molecule has 1 heteroatoms. The van der Waals surface area contributed by atoms with Gasteiger partial charge in [-0.1, -0.05) is 54.6 Å². The first kappa shape index (κ1) is 13.5. The monoisotopic (exact) mass is 280 g/mol. The molecule has 0 radical (unpaired) electrons. The quantitative estimate of drug-likeness (QED) is 0.651. The van der Waals surface area contributed by atoms with Crippen molar-refractivity contribution in [1.29, 1.82) is 0 Å². The molecular weight excluding hydrogens is 260 g/mol. The zero-order valence-electron chi connectivity index (χ0n) is 11.7. The molecule has 0 aliphatic heterocycles. The van der Waals surface area contributed by atoms with Gasteiger partial charge >= 0.3 is 0 Å². The lowest BCUT2D eigenvalue weighted by molar-refractivity contribution is 0.609. The molecule has 1 aliphatic carbocycles. The van der Waals surface area contributed by atoms with Crippen LogP contribution in [0.2, 0.25) is 0 Å². The van der Waals surface area contributed by atoms with Gasteiger partial charge in [0.05, 0.1) is 0 Å². The van der Waals surface area contributed by atoms with Crippen molar-refractivity contribution in [1.82, 2.24) is 0 Å². The number of benzene rings is 2. The Labute approximate surface area is 125 Å². The smallest absolute Gasteiger partial charge is 0.00721 e. The number of allylic oxidation sites excluding steroid dienone is 2. The van der Waals surface area contributed by atoms with Crippen LogP contribution in [0.3, 0.4) is 0 Å². The Hall–Kier alpha value is -1.47. The van der Waals surface area contributed by atoms with Gasteiger partial charge in [0.25, 0.3) is 0 Å². The number of rotatable bonds is 4. The molecule has 1 atom stereocenters. The van der Waals surface area contributed by atoms with E-state index < -0.39 is 0 Å². The number of thioether (sulfide) groups is 1. The molecule has 20 heavy (non-hydrogen) atoms. The van der Waals surface area contributed by atoms with Gasteiger partial charge in [0.15, 0.2) is 0 Å². The normalized spacial score (nSPS) is 18.6. The van der Waals surface area contributed by atoms with Crippen molar-refractivity contribution in [3.05, 3.63) is 72.3 Å². The highest BCUT2D eigenvalue weighted by Gasteiger charge is 2.19. The van der Waals surface area contributed by atoms with Crippen molar-refractivity contribution in [2.45, 2.75) is 24.2 Å². The molecule has 0 heterocycles. The minimum absolute atomic E-state index is 0.691. The summed E-state index contributed by atoms with van der Waals surface area (Å²) in [5.41, 5.74) is 2.96. The Balaban J connectivity index is 1.71. The van der Waals surface area contributed by atoms with Gasteiger partial charge in [-0.25, -0.2) is 0 Å². The van der Waals surface area contributed by atoms with Gasteiger partial charge in [-0.15, -0.1) is 11.8 Å². The predicted octanol–water partition coefficient (Wildman–Crippen LogP) is 5.66. The van der Waals surface area contributed by atoms with Crippen LogP contribution in [0.4, 0.5) is 0 Å². The van der Waals surface area contributed by atoms with Crippen LogP contribution < -0.4 is 0 Å². The van der Waals surface area contributed by atoms with Crippen LogP contribution in [0, 0.1) is 5.92 Å². The summed E-state index contributed by atoms with van der Waals surface area (Å²) < 4.78 is 0. The van der Waals surface area contributed by atoms with Gasteiger partial charge in [-0.2, -0.15) is 0 Å². The fraction of sp³-hybridized carbons (Fsp3) is 0.263. The molecule has 0 N–H and O–H groups in total. The van der Waals surface area contributed by atoms with Gasteiger partial charge in [-0.3, -0.25) is 0 Å². The molecule has 0 aromatic heterocycles. The van der Waals surface area contributed by atoms with Crippen LogP contribution in [0.25, 0.3) is 5.57 Å². The van der Waals surface area contributed by atoms with E-state index in [0.717, 1.165) is 0 Å². The molecule has 102 valence electrons. The maximum atomic E-state index is 2.45. The van der Waals surface area contributed by atoms with E-state index in [4.69, 9.17) is 0 Å². The first-order valence-electron chi connectivity index (χ1n) is 7.37. The summed E-state index contributed by atoms with van der Waals surface area (Å²) in [7, 11) is 0.